The Bertz CT molecular complexity index is 780. The molecule has 2 aromatic rings. The number of nitrogens with zero attached hydrogens (tertiary/aromatic N) is 4. The largest absolute Gasteiger partial charge is 0.322 e. The van der Waals surface area contributed by atoms with Crippen LogP contribution in [0.3, 0.4) is 0 Å². The molecule has 0 amide bonds. The Morgan fingerprint density at radius 1 is 1.38 bits per heavy atom. The summed E-state index contributed by atoms with van der Waals surface area (Å²) in [5.41, 5.74) is 3.62. The van der Waals surface area contributed by atoms with Gasteiger partial charge in [0.25, 0.3) is 0 Å². The Morgan fingerprint density at radius 2 is 2.08 bits per heavy atom. The SMILES string of the molecule is CCC(CC)n1cc(N2CCc3cc(C(C)=O)c(C)c(Cl)c32)nn1. The van der Waals surface area contributed by atoms with E-state index < -0.39 is 0 Å². The third-order valence-corrected chi connectivity index (χ3v) is 5.37. The minimum absolute atomic E-state index is 0.0512. The van der Waals surface area contributed by atoms with Crippen LogP contribution in [0.4, 0.5) is 11.5 Å². The van der Waals surface area contributed by atoms with E-state index in [1.165, 1.54) is 0 Å². The highest BCUT2D eigenvalue weighted by Crippen LogP contribution is 2.42. The first kappa shape index (κ1) is 17.0. The minimum atomic E-state index is 0.0512. The Morgan fingerprint density at radius 3 is 2.71 bits per heavy atom. The Hall–Kier alpha value is -1.88. The van der Waals surface area contributed by atoms with Crippen molar-refractivity contribution in [2.75, 3.05) is 11.4 Å². The maximum absolute atomic E-state index is 11.8. The lowest BCUT2D eigenvalue weighted by atomic mass is 10.00. The van der Waals surface area contributed by atoms with Crippen LogP contribution in [-0.4, -0.2) is 27.3 Å². The lowest BCUT2D eigenvalue weighted by Crippen LogP contribution is -2.14. The number of fused-ring (bicyclic) bond motifs is 1. The van der Waals surface area contributed by atoms with Gasteiger partial charge in [-0.05, 0) is 50.3 Å². The highest BCUT2D eigenvalue weighted by atomic mass is 35.5. The summed E-state index contributed by atoms with van der Waals surface area (Å²) in [5.74, 6) is 0.868. The average molecular weight is 347 g/mol. The van der Waals surface area contributed by atoms with Gasteiger partial charge in [-0.3, -0.25) is 4.79 Å². The zero-order chi connectivity index (χ0) is 17.4. The number of hydrogen-bond acceptors (Lipinski definition) is 4. The number of ketones is 1. The standard InChI is InChI=1S/C18H23ClN4O/c1-5-14(6-2)23-10-16(20-21-23)22-8-7-13-9-15(12(4)24)11(3)17(19)18(13)22/h9-10,14H,5-8H2,1-4H3. The van der Waals surface area contributed by atoms with Gasteiger partial charge in [-0.25, -0.2) is 4.68 Å². The predicted octanol–water partition coefficient (Wildman–Crippen LogP) is 4.50. The van der Waals surface area contributed by atoms with E-state index in [4.69, 9.17) is 11.6 Å². The zero-order valence-corrected chi connectivity index (χ0v) is 15.4. The lowest BCUT2D eigenvalue weighted by molar-refractivity contribution is 0.101. The van der Waals surface area contributed by atoms with Crippen molar-refractivity contribution in [3.05, 3.63) is 34.0 Å². The van der Waals surface area contributed by atoms with Gasteiger partial charge in [-0.2, -0.15) is 0 Å². The summed E-state index contributed by atoms with van der Waals surface area (Å²) in [6.07, 6.45) is 4.90. The van der Waals surface area contributed by atoms with Gasteiger partial charge in [0.1, 0.15) is 0 Å². The van der Waals surface area contributed by atoms with Crippen molar-refractivity contribution >= 4 is 28.9 Å². The van der Waals surface area contributed by atoms with Crippen molar-refractivity contribution in [3.8, 4) is 0 Å². The van der Waals surface area contributed by atoms with E-state index in [2.05, 4.69) is 29.1 Å². The summed E-state index contributed by atoms with van der Waals surface area (Å²) in [5, 5.41) is 9.30. The predicted molar refractivity (Wildman–Crippen MR) is 96.5 cm³/mol. The molecule has 0 fully saturated rings. The van der Waals surface area contributed by atoms with Crippen LogP contribution in [-0.2, 0) is 6.42 Å². The summed E-state index contributed by atoms with van der Waals surface area (Å²) in [6, 6.07) is 2.34. The number of anilines is 2. The van der Waals surface area contributed by atoms with Gasteiger partial charge in [0, 0.05) is 12.1 Å². The smallest absolute Gasteiger partial charge is 0.175 e. The third kappa shape index (κ3) is 2.71. The van der Waals surface area contributed by atoms with Crippen LogP contribution in [0.15, 0.2) is 12.3 Å². The van der Waals surface area contributed by atoms with Crippen molar-refractivity contribution in [1.29, 1.82) is 0 Å². The molecule has 0 N–H and O–H groups in total. The first-order valence-electron chi connectivity index (χ1n) is 8.50. The molecule has 2 heterocycles. The summed E-state index contributed by atoms with van der Waals surface area (Å²) < 4.78 is 1.94. The van der Waals surface area contributed by atoms with E-state index in [9.17, 15) is 4.79 Å². The number of aromatic nitrogens is 3. The Labute approximate surface area is 147 Å². The fourth-order valence-corrected chi connectivity index (χ4v) is 3.77. The average Bonchev–Trinajstić information content (AvgIpc) is 3.18. The number of carbonyl (C=O) groups excluding carboxylic acids is 1. The molecule has 0 saturated heterocycles. The molecule has 3 rings (SSSR count). The highest BCUT2D eigenvalue weighted by Gasteiger charge is 2.28. The minimum Gasteiger partial charge on any atom is -0.322 e. The van der Waals surface area contributed by atoms with E-state index in [0.717, 1.165) is 48.4 Å². The van der Waals surface area contributed by atoms with Crippen LogP contribution in [0.5, 0.6) is 0 Å². The summed E-state index contributed by atoms with van der Waals surface area (Å²) in [7, 11) is 0. The first-order chi connectivity index (χ1) is 11.5. The molecule has 0 bridgehead atoms. The second-order valence-electron chi connectivity index (χ2n) is 6.36. The molecule has 1 aliphatic rings. The van der Waals surface area contributed by atoms with Gasteiger partial charge in [-0.15, -0.1) is 5.10 Å². The number of hydrogen-bond donors (Lipinski definition) is 0. The molecule has 0 radical (unpaired) electrons. The van der Waals surface area contributed by atoms with Crippen LogP contribution in [0, 0.1) is 6.92 Å². The van der Waals surface area contributed by atoms with E-state index in [1.54, 1.807) is 6.92 Å². The van der Waals surface area contributed by atoms with E-state index in [0.29, 0.717) is 16.6 Å². The van der Waals surface area contributed by atoms with Gasteiger partial charge in [0.2, 0.25) is 0 Å². The van der Waals surface area contributed by atoms with Crippen molar-refractivity contribution in [2.24, 2.45) is 0 Å². The Balaban J connectivity index is 2.01. The number of benzene rings is 1. The van der Waals surface area contributed by atoms with Crippen molar-refractivity contribution in [2.45, 2.75) is 53.0 Å². The second kappa shape index (κ2) is 6.55. The molecule has 5 nitrogen and oxygen atoms in total. The molecule has 128 valence electrons. The summed E-state index contributed by atoms with van der Waals surface area (Å²) in [6.45, 7) is 8.60. The first-order valence-corrected chi connectivity index (χ1v) is 8.87. The fraction of sp³-hybridized carbons (Fsp3) is 0.500. The highest BCUT2D eigenvalue weighted by molar-refractivity contribution is 6.35. The van der Waals surface area contributed by atoms with Crippen LogP contribution >= 0.6 is 11.6 Å². The van der Waals surface area contributed by atoms with Gasteiger partial charge in [0.15, 0.2) is 11.6 Å². The van der Waals surface area contributed by atoms with Crippen molar-refractivity contribution in [3.63, 3.8) is 0 Å². The van der Waals surface area contributed by atoms with E-state index in [-0.39, 0.29) is 5.78 Å². The van der Waals surface area contributed by atoms with E-state index >= 15 is 0 Å². The van der Waals surface area contributed by atoms with Crippen LogP contribution in [0.25, 0.3) is 0 Å². The molecular formula is C18H23ClN4O. The molecule has 0 spiro atoms. The molecule has 0 saturated carbocycles. The molecule has 1 aromatic carbocycles. The zero-order valence-electron chi connectivity index (χ0n) is 14.6. The van der Waals surface area contributed by atoms with Crippen LogP contribution in [0.2, 0.25) is 5.02 Å². The summed E-state index contributed by atoms with van der Waals surface area (Å²) in [4.78, 5) is 13.9. The van der Waals surface area contributed by atoms with Gasteiger partial charge in [0.05, 0.1) is 22.9 Å². The molecule has 1 aliphatic heterocycles. The second-order valence-corrected chi connectivity index (χ2v) is 6.73. The molecule has 1 aromatic heterocycles. The maximum Gasteiger partial charge on any atom is 0.175 e. The maximum atomic E-state index is 11.8. The fourth-order valence-electron chi connectivity index (χ4n) is 3.44. The summed E-state index contributed by atoms with van der Waals surface area (Å²) >= 11 is 6.61. The lowest BCUT2D eigenvalue weighted by Gasteiger charge is -2.19. The topological polar surface area (TPSA) is 51.0 Å². The van der Waals surface area contributed by atoms with Crippen molar-refractivity contribution in [1.82, 2.24) is 15.0 Å². The third-order valence-electron chi connectivity index (χ3n) is 4.91. The van der Waals surface area contributed by atoms with Gasteiger partial charge in [-0.1, -0.05) is 30.7 Å². The monoisotopic (exact) mass is 346 g/mol. The number of halogens is 1. The normalized spacial score (nSPS) is 13.7. The molecule has 6 heteroatoms. The van der Waals surface area contributed by atoms with E-state index in [1.807, 2.05) is 23.9 Å². The Kier molecular flexibility index (Phi) is 4.63. The quantitative estimate of drug-likeness (QED) is 0.748. The van der Waals surface area contributed by atoms with Gasteiger partial charge >= 0.3 is 0 Å². The number of rotatable bonds is 5. The molecule has 24 heavy (non-hydrogen) atoms. The number of carbonyl (C=O) groups is 1. The molecule has 0 unspecified atom stereocenters. The van der Waals surface area contributed by atoms with Crippen LogP contribution < -0.4 is 4.90 Å². The molecular weight excluding hydrogens is 324 g/mol. The number of Topliss-reactive ketones (excluding diaryl/α,β-unsaturated/α-hetero) is 1. The van der Waals surface area contributed by atoms with Gasteiger partial charge < -0.3 is 4.90 Å². The molecule has 0 atom stereocenters. The van der Waals surface area contributed by atoms with Crippen molar-refractivity contribution < 1.29 is 4.79 Å². The molecule has 0 aliphatic carbocycles. The van der Waals surface area contributed by atoms with Crippen LogP contribution in [0.1, 0.15) is 61.1 Å².